The van der Waals surface area contributed by atoms with Crippen LogP contribution in [0, 0.1) is 5.92 Å². The highest BCUT2D eigenvalue weighted by Gasteiger charge is 2.51. The number of nitrogens with zero attached hydrogens (tertiary/aromatic N) is 2. The van der Waals surface area contributed by atoms with Crippen LogP contribution in [0.2, 0.25) is 0 Å². The van der Waals surface area contributed by atoms with Gasteiger partial charge in [-0.05, 0) is 50.5 Å². The molecule has 4 heterocycles. The zero-order valence-corrected chi connectivity index (χ0v) is 26.3. The average Bonchev–Trinajstić information content (AvgIpc) is 3.66. The number of carbonyl (C=O) groups is 2. The number of carbonyl (C=O) groups excluding carboxylic acids is 2. The molecule has 0 bridgehead atoms. The number of furan rings is 1. The fourth-order valence-electron chi connectivity index (χ4n) is 6.92. The first-order valence-corrected chi connectivity index (χ1v) is 16.2. The van der Waals surface area contributed by atoms with E-state index in [-0.39, 0.29) is 42.6 Å². The minimum Gasteiger partial charge on any atom is -0.464 e. The molecule has 1 spiro atoms. The number of para-hydroxylation sites is 2. The Morgan fingerprint density at radius 3 is 2.52 bits per heavy atom. The largest absolute Gasteiger partial charge is 0.464 e. The molecule has 0 aliphatic carbocycles. The minimum atomic E-state index is -0.694. The summed E-state index contributed by atoms with van der Waals surface area (Å²) in [6, 6.07) is 17.8. The molecule has 2 saturated heterocycles. The van der Waals surface area contributed by atoms with Crippen molar-refractivity contribution < 1.29 is 38.1 Å². The first kappa shape index (κ1) is 32.1. The van der Waals surface area contributed by atoms with Crippen LogP contribution in [0.25, 0.3) is 11.0 Å². The van der Waals surface area contributed by atoms with Crippen LogP contribution in [0.5, 0.6) is 0 Å². The summed E-state index contributed by atoms with van der Waals surface area (Å²) >= 11 is 0. The number of likely N-dealkylation sites (tertiary alicyclic amines) is 1. The van der Waals surface area contributed by atoms with Crippen molar-refractivity contribution in [3.8, 4) is 0 Å². The SMILES string of the molecule is CCO[C@@H]1OC(C(=O)N2CCC3(CC2)C(=O)NCN3c2ccccc2)=C[C@H](c2coc3ccccc23)[C@@H]1CCOCCOCCO. The summed E-state index contributed by atoms with van der Waals surface area (Å²) in [6.07, 6.45) is 4.64. The first-order valence-electron chi connectivity index (χ1n) is 16.2. The Morgan fingerprint density at radius 2 is 1.76 bits per heavy atom. The molecule has 2 amide bonds. The summed E-state index contributed by atoms with van der Waals surface area (Å²) in [5.41, 5.74) is 2.03. The van der Waals surface area contributed by atoms with Gasteiger partial charge in [0, 0.05) is 54.8 Å². The van der Waals surface area contributed by atoms with E-state index in [4.69, 9.17) is 28.5 Å². The average molecular weight is 634 g/mol. The predicted octanol–water partition coefficient (Wildman–Crippen LogP) is 3.78. The summed E-state index contributed by atoms with van der Waals surface area (Å²) in [7, 11) is 0. The number of benzene rings is 2. The van der Waals surface area contributed by atoms with Crippen molar-refractivity contribution in [2.45, 2.75) is 43.9 Å². The number of hydrogen-bond donors (Lipinski definition) is 2. The van der Waals surface area contributed by atoms with E-state index >= 15 is 0 Å². The fourth-order valence-corrected chi connectivity index (χ4v) is 6.92. The molecule has 6 rings (SSSR count). The molecule has 11 heteroatoms. The summed E-state index contributed by atoms with van der Waals surface area (Å²) < 4.78 is 29.6. The number of hydrogen-bond acceptors (Lipinski definition) is 9. The van der Waals surface area contributed by atoms with Gasteiger partial charge in [-0.15, -0.1) is 0 Å². The molecule has 0 radical (unpaired) electrons. The summed E-state index contributed by atoms with van der Waals surface area (Å²) in [6.45, 7) is 5.10. The van der Waals surface area contributed by atoms with Crippen LogP contribution in [0.1, 0.15) is 37.7 Å². The van der Waals surface area contributed by atoms with Gasteiger partial charge in [0.25, 0.3) is 5.91 Å². The van der Waals surface area contributed by atoms with E-state index in [1.807, 2.05) is 67.6 Å². The predicted molar refractivity (Wildman–Crippen MR) is 171 cm³/mol. The Hall–Kier alpha value is -3.90. The van der Waals surface area contributed by atoms with Crippen molar-refractivity contribution in [2.75, 3.05) is 64.3 Å². The zero-order chi connectivity index (χ0) is 31.9. The quantitative estimate of drug-likeness (QED) is 0.271. The number of amides is 2. The normalized spacial score (nSPS) is 22.6. The third kappa shape index (κ3) is 6.50. The summed E-state index contributed by atoms with van der Waals surface area (Å²) in [4.78, 5) is 31.2. The lowest BCUT2D eigenvalue weighted by Gasteiger charge is -2.44. The van der Waals surface area contributed by atoms with Gasteiger partial charge in [0.1, 0.15) is 11.1 Å². The Bertz CT molecular complexity index is 1500. The van der Waals surface area contributed by atoms with Gasteiger partial charge in [-0.2, -0.15) is 0 Å². The van der Waals surface area contributed by atoms with Crippen molar-refractivity contribution in [2.24, 2.45) is 5.92 Å². The van der Waals surface area contributed by atoms with E-state index in [0.717, 1.165) is 22.2 Å². The van der Waals surface area contributed by atoms with Crippen LogP contribution in [-0.2, 0) is 28.5 Å². The van der Waals surface area contributed by atoms with Gasteiger partial charge in [-0.1, -0.05) is 36.4 Å². The van der Waals surface area contributed by atoms with Gasteiger partial charge in [0.15, 0.2) is 5.76 Å². The minimum absolute atomic E-state index is 0.00455. The third-order valence-corrected chi connectivity index (χ3v) is 9.28. The fraction of sp³-hybridized carbons (Fsp3) is 0.486. The maximum atomic E-state index is 14.1. The van der Waals surface area contributed by atoms with Crippen molar-refractivity contribution in [3.63, 3.8) is 0 Å². The highest BCUT2D eigenvalue weighted by Crippen LogP contribution is 2.43. The number of aliphatic hydroxyl groups excluding tert-OH is 1. The van der Waals surface area contributed by atoms with E-state index in [9.17, 15) is 9.59 Å². The number of anilines is 1. The lowest BCUT2D eigenvalue weighted by Crippen LogP contribution is -2.57. The molecule has 2 aromatic carbocycles. The van der Waals surface area contributed by atoms with E-state index in [1.165, 1.54) is 0 Å². The van der Waals surface area contributed by atoms with E-state index in [1.54, 1.807) is 11.2 Å². The number of ether oxygens (including phenoxy) is 4. The van der Waals surface area contributed by atoms with Gasteiger partial charge >= 0.3 is 0 Å². The number of allylic oxidation sites excluding steroid dienone is 1. The zero-order valence-electron chi connectivity index (χ0n) is 26.3. The maximum Gasteiger partial charge on any atom is 0.288 e. The second-order valence-corrected chi connectivity index (χ2v) is 11.8. The number of aliphatic hydroxyl groups is 1. The van der Waals surface area contributed by atoms with Crippen LogP contribution >= 0.6 is 0 Å². The summed E-state index contributed by atoms with van der Waals surface area (Å²) in [5.74, 6) is -0.340. The molecule has 46 heavy (non-hydrogen) atoms. The maximum absolute atomic E-state index is 14.1. The number of rotatable bonds is 13. The molecule has 3 atom stereocenters. The van der Waals surface area contributed by atoms with Crippen LogP contribution < -0.4 is 10.2 Å². The molecule has 0 saturated carbocycles. The number of nitrogens with one attached hydrogen (secondary N) is 1. The third-order valence-electron chi connectivity index (χ3n) is 9.28. The van der Waals surface area contributed by atoms with E-state index in [0.29, 0.717) is 65.4 Å². The van der Waals surface area contributed by atoms with Gasteiger partial charge in [-0.25, -0.2) is 0 Å². The van der Waals surface area contributed by atoms with Crippen molar-refractivity contribution in [1.29, 1.82) is 0 Å². The van der Waals surface area contributed by atoms with Gasteiger partial charge < -0.3 is 43.6 Å². The topological polar surface area (TPSA) is 123 Å². The molecule has 1 aromatic heterocycles. The number of fused-ring (bicyclic) bond motifs is 1. The smallest absolute Gasteiger partial charge is 0.288 e. The van der Waals surface area contributed by atoms with Crippen LogP contribution in [0.4, 0.5) is 5.69 Å². The lowest BCUT2D eigenvalue weighted by molar-refractivity contribution is -0.172. The molecular weight excluding hydrogens is 590 g/mol. The second-order valence-electron chi connectivity index (χ2n) is 11.8. The first-order chi connectivity index (χ1) is 22.6. The van der Waals surface area contributed by atoms with Gasteiger partial charge in [0.05, 0.1) is 39.4 Å². The molecular formula is C35H43N3O8. The molecule has 3 aliphatic rings. The van der Waals surface area contributed by atoms with Crippen molar-refractivity contribution in [3.05, 3.63) is 78.3 Å². The standard InChI is InChI=1S/C35H43N3O8/c1-2-44-33-27(12-18-42-20-21-43-19-17-39)28(29-23-45-30-11-7-6-10-26(29)30)22-31(46-33)32(40)37-15-13-35(14-16-37)34(41)36-24-38(35)25-8-4-3-5-9-25/h3-11,22-23,27-28,33,39H,2,12-21,24H2,1H3,(H,36,41)/t27-,28-,33+/m0/s1. The Kier molecular flexibility index (Phi) is 10.2. The highest BCUT2D eigenvalue weighted by atomic mass is 16.7. The molecule has 2 fully saturated rings. The molecule has 0 unspecified atom stereocenters. The molecule has 246 valence electrons. The second kappa shape index (κ2) is 14.7. The van der Waals surface area contributed by atoms with Gasteiger partial charge in [0.2, 0.25) is 12.2 Å². The van der Waals surface area contributed by atoms with Crippen molar-refractivity contribution >= 4 is 28.5 Å². The van der Waals surface area contributed by atoms with Crippen LogP contribution in [0.15, 0.2) is 77.1 Å². The Morgan fingerprint density at radius 1 is 1.02 bits per heavy atom. The molecule has 2 N–H and O–H groups in total. The van der Waals surface area contributed by atoms with E-state index in [2.05, 4.69) is 10.2 Å². The monoisotopic (exact) mass is 633 g/mol. The number of piperidine rings is 1. The van der Waals surface area contributed by atoms with Crippen LogP contribution in [0.3, 0.4) is 0 Å². The molecule has 3 aromatic rings. The van der Waals surface area contributed by atoms with Gasteiger partial charge in [-0.3, -0.25) is 9.59 Å². The van der Waals surface area contributed by atoms with E-state index < -0.39 is 11.8 Å². The molecule has 11 nitrogen and oxygen atoms in total. The van der Waals surface area contributed by atoms with Crippen LogP contribution in [-0.4, -0.2) is 93.0 Å². The highest BCUT2D eigenvalue weighted by molar-refractivity contribution is 5.95. The molecule has 3 aliphatic heterocycles. The lowest BCUT2D eigenvalue weighted by atomic mass is 9.81. The summed E-state index contributed by atoms with van der Waals surface area (Å²) in [5, 5.41) is 12.9. The Balaban J connectivity index is 1.22. The Labute approximate surface area is 269 Å². The van der Waals surface area contributed by atoms with Crippen molar-refractivity contribution in [1.82, 2.24) is 10.2 Å².